The lowest BCUT2D eigenvalue weighted by Crippen LogP contribution is -2.24. The number of carboxylic acid groups (broad SMARTS) is 1. The molecule has 11 aromatic carbocycles. The number of nitro groups is 1. The van der Waals surface area contributed by atoms with E-state index in [0.29, 0.717) is 22.5 Å². The van der Waals surface area contributed by atoms with Crippen LogP contribution in [0.5, 0.6) is 0 Å². The molecule has 0 aliphatic carbocycles. The lowest BCUT2D eigenvalue weighted by Gasteiger charge is -2.24. The number of carbonyl (C=O) groups is 5. The van der Waals surface area contributed by atoms with E-state index in [1.54, 1.807) is 12.2 Å². The Labute approximate surface area is 825 Å². The maximum atomic E-state index is 12.7. The molecule has 0 saturated heterocycles. The lowest BCUT2D eigenvalue weighted by molar-refractivity contribution is -0.483. The first-order valence-electron chi connectivity index (χ1n) is 47.8. The van der Waals surface area contributed by atoms with Gasteiger partial charge in [-0.15, -0.1) is 0 Å². The largest absolute Gasteiger partial charge is 0.762 e. The molecule has 24 heteroatoms. The SMILES string of the molecule is CC(=O)O.CC(=O)c1ccc(F)cc1.CCCN(CCC)c1ccc(C(=O)/C=C/c2ccccc2)cc1.CCCN(CCC)c1ccc(C(=O)CC(C[N+](=O)[O-])c2ccccc2)cc1.CCCN(CCC)c1ccc(C2=NC(=Nc3[nH]c(-c4ccc(N(CCC)CCC)cc4)cc3-c3ccccc3)C(c3ccccc3)=C2)cc1.CCOCC.FB(F)F.N.O=C(/C=C/c1ccccc1)c1ccc(F)cc1. The fourth-order valence-electron chi connectivity index (χ4n) is 14.8. The molecular formula is C116H137BF5N9O9. The van der Waals surface area contributed by atoms with Crippen molar-refractivity contribution in [3.8, 4) is 22.4 Å². The number of H-pyrrole nitrogens is 1. The number of benzene rings is 11. The molecule has 13 rings (SSSR count). The molecule has 0 fully saturated rings. The molecule has 0 saturated carbocycles. The van der Waals surface area contributed by atoms with Crippen molar-refractivity contribution >= 4 is 94.5 Å². The number of allylic oxidation sites excluding steroid dienone is 3. The van der Waals surface area contributed by atoms with Crippen LogP contribution in [-0.4, -0.2) is 135 Å². The molecular weight excluding hydrogens is 1770 g/mol. The minimum absolute atomic E-state index is 0. The van der Waals surface area contributed by atoms with E-state index in [9.17, 15) is 51.0 Å². The first kappa shape index (κ1) is 116. The number of aliphatic imine (C=N–C) groups is 2. The summed E-state index contributed by atoms with van der Waals surface area (Å²) in [7, 11) is -3.67. The average Bonchev–Trinajstić information content (AvgIpc) is 1.63. The lowest BCUT2D eigenvalue weighted by atomic mass is 9.91. The number of rotatable bonds is 40. The predicted octanol–water partition coefficient (Wildman–Crippen LogP) is 29.3. The number of carboxylic acids is 1. The highest BCUT2D eigenvalue weighted by atomic mass is 19.4. The summed E-state index contributed by atoms with van der Waals surface area (Å²) in [4.78, 5) is 90.8. The predicted molar refractivity (Wildman–Crippen MR) is 572 cm³/mol. The highest BCUT2D eigenvalue weighted by molar-refractivity contribution is 6.38. The van der Waals surface area contributed by atoms with Crippen molar-refractivity contribution in [2.45, 2.75) is 147 Å². The molecule has 0 bridgehead atoms. The summed E-state index contributed by atoms with van der Waals surface area (Å²) in [6, 6.07) is 96.2. The van der Waals surface area contributed by atoms with Gasteiger partial charge in [-0.05, 0) is 251 Å². The van der Waals surface area contributed by atoms with Crippen molar-refractivity contribution in [1.29, 1.82) is 0 Å². The van der Waals surface area contributed by atoms with E-state index in [2.05, 4.69) is 213 Å². The summed E-state index contributed by atoms with van der Waals surface area (Å²) in [6.07, 6.45) is 18.0. The Balaban J connectivity index is 0.000000322. The Morgan fingerprint density at radius 3 is 1.11 bits per heavy atom. The fourth-order valence-corrected chi connectivity index (χ4v) is 14.8. The van der Waals surface area contributed by atoms with Gasteiger partial charge in [-0.3, -0.25) is 47.0 Å². The molecule has 18 nitrogen and oxygen atoms in total. The van der Waals surface area contributed by atoms with E-state index in [4.69, 9.17) is 24.6 Å². The van der Waals surface area contributed by atoms with Crippen LogP contribution in [0.2, 0.25) is 0 Å². The molecule has 0 spiro atoms. The van der Waals surface area contributed by atoms with Crippen LogP contribution in [0.15, 0.2) is 332 Å². The smallest absolute Gasteiger partial charge is 0.481 e. The van der Waals surface area contributed by atoms with Gasteiger partial charge in [-0.2, -0.15) is 0 Å². The topological polar surface area (TPSA) is 246 Å². The number of halogens is 5. The van der Waals surface area contributed by atoms with Crippen LogP contribution >= 0.6 is 0 Å². The third-order valence-corrected chi connectivity index (χ3v) is 21.3. The Morgan fingerprint density at radius 1 is 0.443 bits per heavy atom. The van der Waals surface area contributed by atoms with Gasteiger partial charge in [0, 0.05) is 151 Å². The van der Waals surface area contributed by atoms with E-state index < -0.39 is 19.4 Å². The number of hydrogen-bond donors (Lipinski definition) is 3. The summed E-state index contributed by atoms with van der Waals surface area (Å²) in [5.41, 5.74) is 18.5. The van der Waals surface area contributed by atoms with Crippen molar-refractivity contribution in [3.63, 3.8) is 0 Å². The van der Waals surface area contributed by atoms with Crippen LogP contribution in [0.4, 0.5) is 50.3 Å². The molecule has 140 heavy (non-hydrogen) atoms. The van der Waals surface area contributed by atoms with Crippen LogP contribution in [0.25, 0.3) is 40.1 Å². The molecule has 738 valence electrons. The number of nitrogens with one attached hydrogen (secondary N) is 1. The number of ketones is 4. The van der Waals surface area contributed by atoms with Crippen molar-refractivity contribution in [1.82, 2.24) is 11.1 Å². The second-order valence-corrected chi connectivity index (χ2v) is 32.4. The maximum absolute atomic E-state index is 12.7. The van der Waals surface area contributed by atoms with Gasteiger partial charge in [0.2, 0.25) is 6.54 Å². The van der Waals surface area contributed by atoms with Crippen molar-refractivity contribution in [3.05, 3.63) is 393 Å². The highest BCUT2D eigenvalue weighted by Crippen LogP contribution is 2.38. The van der Waals surface area contributed by atoms with Crippen LogP contribution in [0.3, 0.4) is 0 Å². The summed E-state index contributed by atoms with van der Waals surface area (Å²) in [6.45, 7) is 33.9. The Hall–Kier alpha value is -14.4. The number of hydrogen-bond acceptors (Lipinski definition) is 14. The van der Waals surface area contributed by atoms with Crippen molar-refractivity contribution in [2.75, 3.05) is 91.7 Å². The number of amidine groups is 1. The zero-order chi connectivity index (χ0) is 101. The third-order valence-electron chi connectivity index (χ3n) is 21.3. The molecule has 2 heterocycles. The second-order valence-electron chi connectivity index (χ2n) is 32.4. The zero-order valence-corrected chi connectivity index (χ0v) is 83.0. The van der Waals surface area contributed by atoms with Crippen LogP contribution in [-0.2, 0) is 9.53 Å². The van der Waals surface area contributed by atoms with E-state index in [1.807, 2.05) is 147 Å². The fraction of sp³-hybridized carbons (Fsp3) is 0.284. The molecule has 5 N–H and O–H groups in total. The first-order valence-corrected chi connectivity index (χ1v) is 47.8. The molecule has 1 unspecified atom stereocenters. The molecule has 1 atom stereocenters. The maximum Gasteiger partial charge on any atom is 0.762 e. The number of nitrogens with zero attached hydrogens (tertiary/aromatic N) is 7. The Bertz CT molecular complexity index is 5710. The number of aliphatic carboxylic acids is 1. The standard InChI is InChI=1S/C44H49N5.C22H28N2O3.C21H25NO.C15H11FO.C8H7FO.C4H10O.C2H4O2.BF3.H3N/c1-5-27-48(28-6-2)37-23-19-35(20-24-37)41-31-39(33-15-11-9-12-16-33)43(45-41)47-44-40(34-17-13-10-14-18-34)32-42(46-44)36-21-25-38(26-22-36)49(29-7-3)30-8-4;1-3-14-23(15-4-2)21-12-10-19(11-13-21)22(25)16-20(17-24(26)27)18-8-6-5-7-9-18;1-3-16-22(17-4-2)20-13-11-19(12-14-20)21(23)15-10-18-8-6-5-7-9-18;16-14-9-7-13(8-10-14)15(17)11-6-12-4-2-1-3-5-12;1-6(10)7-2-4-8(9)5-3-7;1-3-5-4-2;1-2(3)4;2-1(3)4;/h9-26,31-32,45H,5-8,27-30H2,1-4H3;5-13,20H,3-4,14-17H2,1-2H3;5-15H,3-4,16-17H2,1-2H3;1-11H;2-5H,1H3;3-4H2,1-2H3;1H3,(H,3,4);;1H3/b;;15-10+;11-6+;;;;;. The van der Waals surface area contributed by atoms with Gasteiger partial charge in [0.25, 0.3) is 5.97 Å². The van der Waals surface area contributed by atoms with Gasteiger partial charge in [0.05, 0.1) is 11.6 Å². The highest BCUT2D eigenvalue weighted by Gasteiger charge is 2.25. The first-order chi connectivity index (χ1) is 67.2. The summed E-state index contributed by atoms with van der Waals surface area (Å²) >= 11 is 0. The Morgan fingerprint density at radius 2 is 0.764 bits per heavy atom. The normalized spacial score (nSPS) is 11.4. The van der Waals surface area contributed by atoms with E-state index in [1.165, 1.54) is 78.6 Å². The van der Waals surface area contributed by atoms with E-state index in [0.717, 1.165) is 202 Å². The quantitative estimate of drug-likeness (QED) is 0.00807. The van der Waals surface area contributed by atoms with E-state index >= 15 is 0 Å². The minimum Gasteiger partial charge on any atom is -0.481 e. The molecule has 1 aliphatic rings. The van der Waals surface area contributed by atoms with E-state index in [-0.39, 0.29) is 58.8 Å². The van der Waals surface area contributed by atoms with Crippen LogP contribution in [0.1, 0.15) is 216 Å². The number of anilines is 4. The van der Waals surface area contributed by atoms with Gasteiger partial charge in [-0.1, -0.05) is 243 Å². The number of aromatic nitrogens is 1. The van der Waals surface area contributed by atoms with Crippen LogP contribution in [0, 0.1) is 21.7 Å². The summed E-state index contributed by atoms with van der Waals surface area (Å²) in [5, 5.41) is 18.4. The Kier molecular flexibility index (Phi) is 54.9. The van der Waals surface area contributed by atoms with Crippen molar-refractivity contribution < 1.29 is 60.5 Å². The van der Waals surface area contributed by atoms with Crippen molar-refractivity contribution in [2.24, 2.45) is 9.98 Å². The molecule has 1 aromatic heterocycles. The minimum atomic E-state index is -3.67. The van der Waals surface area contributed by atoms with Gasteiger partial charge < -0.3 is 40.6 Å². The molecule has 0 amide bonds. The number of ether oxygens (including phenoxy) is 1. The zero-order valence-electron chi connectivity index (χ0n) is 83.0. The van der Waals surface area contributed by atoms with Gasteiger partial charge in [0.15, 0.2) is 29.0 Å². The van der Waals surface area contributed by atoms with Gasteiger partial charge in [0.1, 0.15) is 17.5 Å². The summed E-state index contributed by atoms with van der Waals surface area (Å²) < 4.78 is 58.7. The average molecular weight is 1910 g/mol. The molecule has 1 aliphatic heterocycles. The monoisotopic (exact) mass is 1910 g/mol. The number of carbonyl (C=O) groups excluding carboxylic acids is 4. The van der Waals surface area contributed by atoms with Gasteiger partial charge >= 0.3 is 7.54 Å². The van der Waals surface area contributed by atoms with Crippen LogP contribution < -0.4 is 25.8 Å². The molecule has 0 radical (unpaired) electrons. The second kappa shape index (κ2) is 66.2. The molecule has 12 aromatic rings. The number of aromatic amines is 1. The number of Topliss-reactive ketones (excluding diaryl/α,β-unsaturated/α-hetero) is 2. The third kappa shape index (κ3) is 42.3. The summed E-state index contributed by atoms with van der Waals surface area (Å²) in [5.74, 6) is -0.583. The van der Waals surface area contributed by atoms with Gasteiger partial charge in [-0.25, -0.2) is 18.8 Å².